The number of methoxy groups -OCH3 is 1. The number of benzene rings is 4. The highest BCUT2D eigenvalue weighted by Crippen LogP contribution is 2.38. The molecule has 6 rings (SSSR count). The molecule has 5 aromatic rings. The van der Waals surface area contributed by atoms with Crippen LogP contribution >= 0.6 is 31.9 Å². The highest BCUT2D eigenvalue weighted by atomic mass is 79.9. The molecule has 0 spiro atoms. The fourth-order valence-corrected chi connectivity index (χ4v) is 5.41. The minimum absolute atomic E-state index is 0.0499. The lowest BCUT2D eigenvalue weighted by molar-refractivity contribution is 0.415. The number of halogens is 2. The first kappa shape index (κ1) is 23.8. The van der Waals surface area contributed by atoms with Gasteiger partial charge in [0, 0.05) is 26.3 Å². The first-order valence-corrected chi connectivity index (χ1v) is 13.5. The molecule has 0 saturated carbocycles. The summed E-state index contributed by atoms with van der Waals surface area (Å²) in [4.78, 5) is 10.1. The maximum Gasteiger partial charge on any atom is 0.247 e. The van der Waals surface area contributed by atoms with Gasteiger partial charge < -0.3 is 4.74 Å². The van der Waals surface area contributed by atoms with Crippen molar-refractivity contribution >= 4 is 54.4 Å². The molecule has 0 N–H and O–H groups in total. The Hall–Kier alpha value is -3.55. The van der Waals surface area contributed by atoms with Crippen LogP contribution in [-0.2, 0) is 0 Å². The zero-order valence-corrected chi connectivity index (χ0v) is 23.1. The molecule has 0 fully saturated rings. The summed E-state index contributed by atoms with van der Waals surface area (Å²) in [6.07, 6.45) is 0.727. The molecule has 37 heavy (non-hydrogen) atoms. The summed E-state index contributed by atoms with van der Waals surface area (Å²) in [5.41, 5.74) is 5.95. The van der Waals surface area contributed by atoms with Crippen LogP contribution in [0.15, 0.2) is 111 Å². The fraction of sp³-hybridized carbons (Fsp3) is 0.100. The average molecular weight is 614 g/mol. The molecule has 0 radical (unpaired) electrons. The van der Waals surface area contributed by atoms with Gasteiger partial charge >= 0.3 is 0 Å². The number of ether oxygens (including phenoxy) is 1. The number of nitrogens with zero attached hydrogens (tertiary/aromatic N) is 4. The van der Waals surface area contributed by atoms with E-state index in [-0.39, 0.29) is 6.04 Å². The van der Waals surface area contributed by atoms with E-state index >= 15 is 0 Å². The van der Waals surface area contributed by atoms with Crippen molar-refractivity contribution in [2.24, 2.45) is 5.10 Å². The Morgan fingerprint density at radius 2 is 1.57 bits per heavy atom. The molecule has 5 nitrogen and oxygen atoms in total. The Morgan fingerprint density at radius 3 is 2.32 bits per heavy atom. The van der Waals surface area contributed by atoms with E-state index in [9.17, 15) is 0 Å². The second-order valence-electron chi connectivity index (χ2n) is 8.79. The normalized spacial score (nSPS) is 15.2. The maximum absolute atomic E-state index is 5.35. The quantitative estimate of drug-likeness (QED) is 0.200. The zero-order valence-electron chi connectivity index (χ0n) is 20.0. The molecule has 0 saturated heterocycles. The summed E-state index contributed by atoms with van der Waals surface area (Å²) in [5, 5.41) is 8.05. The standard InChI is InChI=1S/C30H22Br2N4O/c1-37-24-13-10-19(11-14-24)27-18-28(21-8-5-9-22(31)16-21)36(35-27)30-33-26-15-12-23(32)17-25(26)29(34-30)20-6-3-2-4-7-20/h2-17,28H,18H2,1H3. The third-order valence-electron chi connectivity index (χ3n) is 6.47. The van der Waals surface area contributed by atoms with Gasteiger partial charge in [-0.05, 0) is 65.7 Å². The minimum atomic E-state index is -0.0499. The van der Waals surface area contributed by atoms with Crippen molar-refractivity contribution in [3.8, 4) is 17.0 Å². The van der Waals surface area contributed by atoms with Gasteiger partial charge in [0.15, 0.2) is 0 Å². The summed E-state index contributed by atoms with van der Waals surface area (Å²) < 4.78 is 7.36. The lowest BCUT2D eigenvalue weighted by Gasteiger charge is -2.23. The third kappa shape index (κ3) is 4.77. The molecule has 182 valence electrons. The van der Waals surface area contributed by atoms with Gasteiger partial charge in [0.1, 0.15) is 5.75 Å². The second kappa shape index (κ2) is 10.1. The van der Waals surface area contributed by atoms with Crippen molar-refractivity contribution in [1.29, 1.82) is 0 Å². The van der Waals surface area contributed by atoms with Gasteiger partial charge in [-0.1, -0.05) is 74.3 Å². The summed E-state index contributed by atoms with van der Waals surface area (Å²) >= 11 is 7.25. The van der Waals surface area contributed by atoms with Gasteiger partial charge in [-0.25, -0.2) is 15.0 Å². The summed E-state index contributed by atoms with van der Waals surface area (Å²) in [6, 6.07) is 32.7. The number of fused-ring (bicyclic) bond motifs is 1. The van der Waals surface area contributed by atoms with Crippen LogP contribution in [0.2, 0.25) is 0 Å². The van der Waals surface area contributed by atoms with E-state index in [1.54, 1.807) is 7.11 Å². The number of hydrazone groups is 1. The molecule has 4 aromatic carbocycles. The molecular formula is C30H22Br2N4O. The van der Waals surface area contributed by atoms with E-state index < -0.39 is 0 Å². The number of hydrogen-bond donors (Lipinski definition) is 0. The lowest BCUT2D eigenvalue weighted by atomic mass is 9.98. The summed E-state index contributed by atoms with van der Waals surface area (Å²) in [6.45, 7) is 0. The number of anilines is 1. The second-order valence-corrected chi connectivity index (χ2v) is 10.6. The van der Waals surface area contributed by atoms with Crippen LogP contribution in [0.5, 0.6) is 5.75 Å². The Bertz CT molecular complexity index is 1620. The molecule has 1 unspecified atom stereocenters. The predicted molar refractivity (Wildman–Crippen MR) is 156 cm³/mol. The van der Waals surface area contributed by atoms with Gasteiger partial charge in [-0.3, -0.25) is 0 Å². The Morgan fingerprint density at radius 1 is 0.784 bits per heavy atom. The minimum Gasteiger partial charge on any atom is -0.497 e. The molecule has 7 heteroatoms. The van der Waals surface area contributed by atoms with E-state index in [1.165, 1.54) is 0 Å². The van der Waals surface area contributed by atoms with Crippen molar-refractivity contribution in [2.75, 3.05) is 12.1 Å². The van der Waals surface area contributed by atoms with Crippen LogP contribution in [0.1, 0.15) is 23.6 Å². The van der Waals surface area contributed by atoms with Gasteiger partial charge in [0.25, 0.3) is 0 Å². The summed E-state index contributed by atoms with van der Waals surface area (Å²) in [7, 11) is 1.67. The largest absolute Gasteiger partial charge is 0.497 e. The first-order chi connectivity index (χ1) is 18.1. The van der Waals surface area contributed by atoms with Crippen molar-refractivity contribution in [1.82, 2.24) is 9.97 Å². The molecule has 1 aliphatic heterocycles. The fourth-order valence-electron chi connectivity index (χ4n) is 4.63. The van der Waals surface area contributed by atoms with Crippen LogP contribution in [0, 0.1) is 0 Å². The molecule has 1 aliphatic rings. The Kier molecular flexibility index (Phi) is 6.49. The van der Waals surface area contributed by atoms with Crippen molar-refractivity contribution in [2.45, 2.75) is 12.5 Å². The molecule has 2 heterocycles. The molecule has 0 amide bonds. The SMILES string of the molecule is COc1ccc(C2=NN(c3nc(-c4ccccc4)c4cc(Br)ccc4n3)C(c3cccc(Br)c3)C2)cc1. The smallest absolute Gasteiger partial charge is 0.247 e. The summed E-state index contributed by atoms with van der Waals surface area (Å²) in [5.74, 6) is 1.39. The van der Waals surface area contributed by atoms with Gasteiger partial charge in [0.2, 0.25) is 5.95 Å². The van der Waals surface area contributed by atoms with E-state index in [4.69, 9.17) is 19.8 Å². The van der Waals surface area contributed by atoms with E-state index in [2.05, 4.69) is 68.3 Å². The molecular weight excluding hydrogens is 592 g/mol. The van der Waals surface area contributed by atoms with E-state index in [0.717, 1.165) is 60.1 Å². The van der Waals surface area contributed by atoms with Crippen LogP contribution in [-0.4, -0.2) is 22.8 Å². The zero-order chi connectivity index (χ0) is 25.4. The van der Waals surface area contributed by atoms with Crippen LogP contribution in [0.4, 0.5) is 5.95 Å². The lowest BCUT2D eigenvalue weighted by Crippen LogP contribution is -2.21. The molecule has 0 bridgehead atoms. The van der Waals surface area contributed by atoms with Gasteiger partial charge in [-0.15, -0.1) is 0 Å². The van der Waals surface area contributed by atoms with Crippen LogP contribution in [0.25, 0.3) is 22.2 Å². The van der Waals surface area contributed by atoms with Crippen molar-refractivity contribution in [3.63, 3.8) is 0 Å². The highest BCUT2D eigenvalue weighted by Gasteiger charge is 2.32. The predicted octanol–water partition coefficient (Wildman–Crippen LogP) is 8.19. The molecule has 1 aromatic heterocycles. The number of rotatable bonds is 5. The van der Waals surface area contributed by atoms with Crippen molar-refractivity contribution < 1.29 is 4.74 Å². The van der Waals surface area contributed by atoms with E-state index in [0.29, 0.717) is 5.95 Å². The Balaban J connectivity index is 1.52. The molecule has 0 aliphatic carbocycles. The van der Waals surface area contributed by atoms with Crippen LogP contribution < -0.4 is 9.75 Å². The first-order valence-electron chi connectivity index (χ1n) is 11.9. The molecule has 1 atom stereocenters. The highest BCUT2D eigenvalue weighted by molar-refractivity contribution is 9.10. The van der Waals surface area contributed by atoms with E-state index in [1.807, 2.05) is 65.7 Å². The average Bonchev–Trinajstić information content (AvgIpc) is 3.39. The monoisotopic (exact) mass is 612 g/mol. The third-order valence-corrected chi connectivity index (χ3v) is 7.45. The van der Waals surface area contributed by atoms with Gasteiger partial charge in [-0.2, -0.15) is 5.10 Å². The topological polar surface area (TPSA) is 50.6 Å². The Labute approximate surface area is 232 Å². The maximum atomic E-state index is 5.35. The van der Waals surface area contributed by atoms with Crippen molar-refractivity contribution in [3.05, 3.63) is 117 Å². The number of aromatic nitrogens is 2. The van der Waals surface area contributed by atoms with Crippen LogP contribution in [0.3, 0.4) is 0 Å². The van der Waals surface area contributed by atoms with Gasteiger partial charge in [0.05, 0.1) is 30.1 Å². The number of hydrogen-bond acceptors (Lipinski definition) is 5.